The zero-order chi connectivity index (χ0) is 8.55. The van der Waals surface area contributed by atoms with Crippen molar-refractivity contribution in [2.24, 2.45) is 0 Å². The minimum atomic E-state index is 0.447. The van der Waals surface area contributed by atoms with Gasteiger partial charge in [-0.3, -0.25) is 0 Å². The number of rotatable bonds is 0. The fraction of sp³-hybridized carbons (Fsp3) is 0. The van der Waals surface area contributed by atoms with Gasteiger partial charge in [-0.25, -0.2) is 4.98 Å². The van der Waals surface area contributed by atoms with Crippen LogP contribution in [0.3, 0.4) is 0 Å². The van der Waals surface area contributed by atoms with Gasteiger partial charge in [0.05, 0.1) is 28.6 Å². The molecule has 12 heavy (non-hydrogen) atoms. The zero-order valence-electron chi connectivity index (χ0n) is 6.03. The van der Waals surface area contributed by atoms with Crippen LogP contribution in [0.25, 0.3) is 5.52 Å². The third-order valence-corrected chi connectivity index (χ3v) is 1.92. The van der Waals surface area contributed by atoms with Crippen molar-refractivity contribution in [3.05, 3.63) is 35.4 Å². The van der Waals surface area contributed by atoms with Crippen LogP contribution in [-0.2, 0) is 0 Å². The summed E-state index contributed by atoms with van der Waals surface area (Å²) in [6, 6.07) is 3.71. The molecule has 0 N–H and O–H groups in total. The molecule has 58 valence electrons. The fourth-order valence-corrected chi connectivity index (χ4v) is 1.23. The van der Waals surface area contributed by atoms with Crippen LogP contribution in [0.4, 0.5) is 0 Å². The predicted octanol–water partition coefficient (Wildman–Crippen LogP) is 1.86. The molecule has 0 bridgehead atoms. The average Bonchev–Trinajstić information content (AvgIpc) is 2.49. The smallest absolute Gasteiger partial charge is 0.101 e. The van der Waals surface area contributed by atoms with Crippen molar-refractivity contribution < 1.29 is 0 Å². The molecule has 2 aromatic heterocycles. The van der Waals surface area contributed by atoms with E-state index in [1.54, 1.807) is 29.2 Å². The monoisotopic (exact) mass is 177 g/mol. The Labute approximate surface area is 73.8 Å². The van der Waals surface area contributed by atoms with E-state index in [0.717, 1.165) is 5.52 Å². The summed E-state index contributed by atoms with van der Waals surface area (Å²) in [5.41, 5.74) is 1.35. The van der Waals surface area contributed by atoms with Gasteiger partial charge in [0.15, 0.2) is 0 Å². The number of hydrogen-bond acceptors (Lipinski definition) is 2. The van der Waals surface area contributed by atoms with Crippen LogP contribution in [0.5, 0.6) is 0 Å². The Balaban J connectivity index is 2.84. The Bertz CT molecular complexity index is 467. The number of hydrogen-bond donors (Lipinski definition) is 0. The Morgan fingerprint density at radius 2 is 2.42 bits per heavy atom. The van der Waals surface area contributed by atoms with Crippen molar-refractivity contribution in [1.82, 2.24) is 9.38 Å². The Kier molecular flexibility index (Phi) is 1.49. The second kappa shape index (κ2) is 2.50. The molecule has 0 atom stereocenters. The van der Waals surface area contributed by atoms with Gasteiger partial charge in [-0.1, -0.05) is 11.6 Å². The van der Waals surface area contributed by atoms with Crippen LogP contribution < -0.4 is 0 Å². The first-order valence-corrected chi connectivity index (χ1v) is 3.70. The SMILES string of the molecule is N#Cc1cc2cncn2cc1Cl. The zero-order valence-corrected chi connectivity index (χ0v) is 6.78. The van der Waals surface area contributed by atoms with Crippen LogP contribution in [0.1, 0.15) is 5.56 Å². The number of imidazole rings is 1. The first kappa shape index (κ1) is 7.14. The van der Waals surface area contributed by atoms with Crippen LogP contribution in [0, 0.1) is 11.3 Å². The second-order valence-electron chi connectivity index (χ2n) is 2.37. The van der Waals surface area contributed by atoms with E-state index in [1.165, 1.54) is 0 Å². The summed E-state index contributed by atoms with van der Waals surface area (Å²) in [6.07, 6.45) is 4.99. The minimum absolute atomic E-state index is 0.447. The van der Waals surface area contributed by atoms with Gasteiger partial charge in [-0.15, -0.1) is 0 Å². The molecule has 0 aliphatic heterocycles. The topological polar surface area (TPSA) is 41.1 Å². The normalized spacial score (nSPS) is 10.0. The van der Waals surface area contributed by atoms with Crippen molar-refractivity contribution in [3.63, 3.8) is 0 Å². The van der Waals surface area contributed by atoms with Crippen LogP contribution >= 0.6 is 11.6 Å². The van der Waals surface area contributed by atoms with Gasteiger partial charge < -0.3 is 4.40 Å². The number of pyridine rings is 1. The molecule has 0 fully saturated rings. The largest absolute Gasteiger partial charge is 0.305 e. The van der Waals surface area contributed by atoms with Gasteiger partial charge in [-0.05, 0) is 6.07 Å². The average molecular weight is 178 g/mol. The molecule has 0 aliphatic carbocycles. The highest BCUT2D eigenvalue weighted by molar-refractivity contribution is 6.31. The summed E-state index contributed by atoms with van der Waals surface area (Å²) in [5.74, 6) is 0. The Hall–Kier alpha value is -1.53. The van der Waals surface area contributed by atoms with E-state index >= 15 is 0 Å². The van der Waals surface area contributed by atoms with E-state index in [1.807, 2.05) is 6.07 Å². The van der Waals surface area contributed by atoms with Gasteiger partial charge in [0, 0.05) is 6.20 Å². The lowest BCUT2D eigenvalue weighted by atomic mass is 10.3. The summed E-state index contributed by atoms with van der Waals surface area (Å²) in [5, 5.41) is 9.10. The first-order chi connectivity index (χ1) is 5.81. The van der Waals surface area contributed by atoms with E-state index < -0.39 is 0 Å². The van der Waals surface area contributed by atoms with Crippen molar-refractivity contribution >= 4 is 17.1 Å². The van der Waals surface area contributed by atoms with Crippen molar-refractivity contribution in [1.29, 1.82) is 5.26 Å². The number of nitriles is 1. The van der Waals surface area contributed by atoms with Crippen LogP contribution in [0.15, 0.2) is 24.8 Å². The maximum absolute atomic E-state index is 8.65. The molecule has 3 nitrogen and oxygen atoms in total. The summed E-state index contributed by atoms with van der Waals surface area (Å²) in [7, 11) is 0. The maximum Gasteiger partial charge on any atom is 0.101 e. The fourth-order valence-electron chi connectivity index (χ4n) is 1.03. The highest BCUT2D eigenvalue weighted by Gasteiger charge is 2.01. The summed E-state index contributed by atoms with van der Waals surface area (Å²) in [6.45, 7) is 0. The number of fused-ring (bicyclic) bond motifs is 1. The van der Waals surface area contributed by atoms with Gasteiger partial charge in [-0.2, -0.15) is 5.26 Å². The molecule has 2 rings (SSSR count). The van der Waals surface area contributed by atoms with E-state index in [0.29, 0.717) is 10.6 Å². The molecule has 0 amide bonds. The molecule has 0 spiro atoms. The summed E-state index contributed by atoms with van der Waals surface area (Å²) in [4.78, 5) is 3.91. The molecule has 2 aromatic rings. The molecule has 0 aliphatic rings. The van der Waals surface area contributed by atoms with Gasteiger partial charge >= 0.3 is 0 Å². The molecule has 4 heteroatoms. The maximum atomic E-state index is 8.65. The molecular formula is C8H4ClN3. The quantitative estimate of drug-likeness (QED) is 0.616. The highest BCUT2D eigenvalue weighted by atomic mass is 35.5. The van der Waals surface area contributed by atoms with Gasteiger partial charge in [0.25, 0.3) is 0 Å². The standard InChI is InChI=1S/C8H4ClN3/c9-8-4-12-5-11-3-7(12)1-6(8)2-10/h1,3-5H. The Morgan fingerprint density at radius 3 is 3.17 bits per heavy atom. The molecule has 0 saturated heterocycles. The molecular weight excluding hydrogens is 174 g/mol. The van der Waals surface area contributed by atoms with Crippen molar-refractivity contribution in [2.45, 2.75) is 0 Å². The summed E-state index contributed by atoms with van der Waals surface area (Å²) < 4.78 is 1.77. The number of nitrogens with zero attached hydrogens (tertiary/aromatic N) is 3. The lowest BCUT2D eigenvalue weighted by molar-refractivity contribution is 1.15. The molecule has 0 aromatic carbocycles. The van der Waals surface area contributed by atoms with Gasteiger partial charge in [0.2, 0.25) is 0 Å². The number of halogens is 1. The van der Waals surface area contributed by atoms with E-state index in [9.17, 15) is 0 Å². The lowest BCUT2D eigenvalue weighted by Gasteiger charge is -1.96. The highest BCUT2D eigenvalue weighted by Crippen LogP contribution is 2.16. The van der Waals surface area contributed by atoms with E-state index in [-0.39, 0.29) is 0 Å². The minimum Gasteiger partial charge on any atom is -0.305 e. The third-order valence-electron chi connectivity index (χ3n) is 1.62. The van der Waals surface area contributed by atoms with Crippen LogP contribution in [0.2, 0.25) is 5.02 Å². The Morgan fingerprint density at radius 1 is 1.58 bits per heavy atom. The molecule has 0 radical (unpaired) electrons. The molecule has 2 heterocycles. The molecule has 0 unspecified atom stereocenters. The number of aromatic nitrogens is 2. The first-order valence-electron chi connectivity index (χ1n) is 3.32. The molecule has 0 saturated carbocycles. The van der Waals surface area contributed by atoms with Gasteiger partial charge in [0.1, 0.15) is 6.07 Å². The van der Waals surface area contributed by atoms with Crippen molar-refractivity contribution in [3.8, 4) is 6.07 Å². The second-order valence-corrected chi connectivity index (χ2v) is 2.78. The van der Waals surface area contributed by atoms with Crippen molar-refractivity contribution in [2.75, 3.05) is 0 Å². The van der Waals surface area contributed by atoms with Crippen LogP contribution in [-0.4, -0.2) is 9.38 Å². The lowest BCUT2D eigenvalue weighted by Crippen LogP contribution is -1.84. The van der Waals surface area contributed by atoms with E-state index in [2.05, 4.69) is 4.98 Å². The predicted molar refractivity (Wildman–Crippen MR) is 44.9 cm³/mol. The summed E-state index contributed by atoms with van der Waals surface area (Å²) >= 11 is 5.79. The third kappa shape index (κ3) is 0.936. The van der Waals surface area contributed by atoms with E-state index in [4.69, 9.17) is 16.9 Å².